The van der Waals surface area contributed by atoms with Gasteiger partial charge in [-0.25, -0.2) is 4.79 Å². The third-order valence-corrected chi connectivity index (χ3v) is 2.48. The molecule has 0 aliphatic carbocycles. The summed E-state index contributed by atoms with van der Waals surface area (Å²) >= 11 is 0. The number of carbonyl (C=O) groups excluding carboxylic acids is 1. The quantitative estimate of drug-likeness (QED) is 0.736. The Labute approximate surface area is 103 Å². The average molecular weight is 236 g/mol. The van der Waals surface area contributed by atoms with Crippen molar-refractivity contribution >= 4 is 5.97 Å². The smallest absolute Gasteiger partial charge is 0.338 e. The van der Waals surface area contributed by atoms with Crippen molar-refractivity contribution in [1.29, 1.82) is 0 Å². The Morgan fingerprint density at radius 3 is 2.47 bits per heavy atom. The van der Waals surface area contributed by atoms with E-state index in [1.807, 2.05) is 26.0 Å². The van der Waals surface area contributed by atoms with Gasteiger partial charge in [-0.1, -0.05) is 6.92 Å². The Kier molecular flexibility index (Phi) is 5.01. The summed E-state index contributed by atoms with van der Waals surface area (Å²) in [6.07, 6.45) is 0.970. The molecular formula is C14H20O3. The van der Waals surface area contributed by atoms with Crippen LogP contribution < -0.4 is 4.74 Å². The molecule has 17 heavy (non-hydrogen) atoms. The number of rotatable bonds is 5. The zero-order valence-corrected chi connectivity index (χ0v) is 11.0. The first-order valence-electron chi connectivity index (χ1n) is 6.01. The van der Waals surface area contributed by atoms with Gasteiger partial charge in [0.25, 0.3) is 0 Å². The summed E-state index contributed by atoms with van der Waals surface area (Å²) in [5.41, 5.74) is 2.47. The Hall–Kier alpha value is -1.51. The molecular weight excluding hydrogens is 216 g/mol. The van der Waals surface area contributed by atoms with Gasteiger partial charge in [0.05, 0.1) is 18.8 Å². The molecule has 3 nitrogen and oxygen atoms in total. The molecule has 1 rings (SSSR count). The molecule has 1 aromatic rings. The molecule has 0 aliphatic heterocycles. The number of esters is 1. The molecule has 0 heterocycles. The van der Waals surface area contributed by atoms with Crippen molar-refractivity contribution in [3.05, 3.63) is 28.8 Å². The van der Waals surface area contributed by atoms with Crippen LogP contribution in [0.4, 0.5) is 0 Å². The minimum atomic E-state index is -0.268. The maximum Gasteiger partial charge on any atom is 0.338 e. The SMILES string of the molecule is CCCOc1cc(C)c(C(=O)OCC)cc1C. The topological polar surface area (TPSA) is 35.5 Å². The Morgan fingerprint density at radius 1 is 1.18 bits per heavy atom. The van der Waals surface area contributed by atoms with Gasteiger partial charge in [-0.2, -0.15) is 0 Å². The zero-order chi connectivity index (χ0) is 12.8. The first-order chi connectivity index (χ1) is 8.10. The number of ether oxygens (including phenoxy) is 2. The third-order valence-electron chi connectivity index (χ3n) is 2.48. The number of carbonyl (C=O) groups is 1. The summed E-state index contributed by atoms with van der Waals surface area (Å²) in [6, 6.07) is 3.73. The Bertz CT molecular complexity index is 397. The van der Waals surface area contributed by atoms with Crippen LogP contribution in [-0.2, 0) is 4.74 Å². The van der Waals surface area contributed by atoms with Gasteiger partial charge >= 0.3 is 5.97 Å². The van der Waals surface area contributed by atoms with Crippen LogP contribution in [-0.4, -0.2) is 19.2 Å². The van der Waals surface area contributed by atoms with Gasteiger partial charge in [0.1, 0.15) is 5.75 Å². The number of hydrogen-bond acceptors (Lipinski definition) is 3. The van der Waals surface area contributed by atoms with E-state index in [9.17, 15) is 4.79 Å². The molecule has 0 fully saturated rings. The molecule has 0 bridgehead atoms. The second kappa shape index (κ2) is 6.28. The standard InChI is InChI=1S/C14H20O3/c1-5-7-17-13-9-10(3)12(8-11(13)4)14(15)16-6-2/h8-9H,5-7H2,1-4H3. The minimum Gasteiger partial charge on any atom is -0.493 e. The van der Waals surface area contributed by atoms with E-state index in [1.165, 1.54) is 0 Å². The van der Waals surface area contributed by atoms with Crippen molar-refractivity contribution in [3.8, 4) is 5.75 Å². The van der Waals surface area contributed by atoms with E-state index in [-0.39, 0.29) is 5.97 Å². The molecule has 94 valence electrons. The van der Waals surface area contributed by atoms with Crippen molar-refractivity contribution in [3.63, 3.8) is 0 Å². The van der Waals surface area contributed by atoms with Crippen LogP contribution in [0.1, 0.15) is 41.8 Å². The highest BCUT2D eigenvalue weighted by molar-refractivity contribution is 5.91. The fraction of sp³-hybridized carbons (Fsp3) is 0.500. The van der Waals surface area contributed by atoms with Crippen molar-refractivity contribution in [2.24, 2.45) is 0 Å². The van der Waals surface area contributed by atoms with Crippen LogP contribution in [0.15, 0.2) is 12.1 Å². The lowest BCUT2D eigenvalue weighted by Gasteiger charge is -2.12. The molecule has 0 spiro atoms. The molecule has 0 amide bonds. The van der Waals surface area contributed by atoms with Gasteiger partial charge < -0.3 is 9.47 Å². The van der Waals surface area contributed by atoms with Crippen LogP contribution >= 0.6 is 0 Å². The molecule has 0 saturated heterocycles. The predicted octanol–water partition coefficient (Wildman–Crippen LogP) is 3.27. The largest absolute Gasteiger partial charge is 0.493 e. The highest BCUT2D eigenvalue weighted by atomic mass is 16.5. The van der Waals surface area contributed by atoms with Crippen LogP contribution in [0.3, 0.4) is 0 Å². The molecule has 3 heteroatoms. The Balaban J connectivity index is 2.96. The summed E-state index contributed by atoms with van der Waals surface area (Å²) in [4.78, 5) is 11.7. The fourth-order valence-electron chi connectivity index (χ4n) is 1.59. The highest BCUT2D eigenvalue weighted by Gasteiger charge is 2.13. The number of aryl methyl sites for hydroxylation is 2. The van der Waals surface area contributed by atoms with Crippen molar-refractivity contribution in [1.82, 2.24) is 0 Å². The van der Waals surface area contributed by atoms with E-state index in [1.54, 1.807) is 6.92 Å². The summed E-state index contributed by atoms with van der Waals surface area (Å²) < 4.78 is 10.6. The first-order valence-corrected chi connectivity index (χ1v) is 6.01. The van der Waals surface area contributed by atoms with E-state index in [0.717, 1.165) is 23.3 Å². The lowest BCUT2D eigenvalue weighted by molar-refractivity contribution is 0.0525. The van der Waals surface area contributed by atoms with Gasteiger partial charge in [-0.15, -0.1) is 0 Å². The maximum absolute atomic E-state index is 11.7. The average Bonchev–Trinajstić information content (AvgIpc) is 2.30. The predicted molar refractivity (Wildman–Crippen MR) is 67.7 cm³/mol. The van der Waals surface area contributed by atoms with Gasteiger partial charge in [0.2, 0.25) is 0 Å². The monoisotopic (exact) mass is 236 g/mol. The second-order valence-electron chi connectivity index (χ2n) is 4.00. The van der Waals surface area contributed by atoms with Gasteiger partial charge in [0.15, 0.2) is 0 Å². The maximum atomic E-state index is 11.7. The summed E-state index contributed by atoms with van der Waals surface area (Å²) in [5, 5.41) is 0. The van der Waals surface area contributed by atoms with E-state index >= 15 is 0 Å². The summed E-state index contributed by atoms with van der Waals surface area (Å²) in [6.45, 7) is 8.79. The molecule has 0 aromatic heterocycles. The lowest BCUT2D eigenvalue weighted by Crippen LogP contribution is -2.08. The molecule has 0 unspecified atom stereocenters. The van der Waals surface area contributed by atoms with Crippen molar-refractivity contribution in [2.75, 3.05) is 13.2 Å². The van der Waals surface area contributed by atoms with Crippen LogP contribution in [0.2, 0.25) is 0 Å². The molecule has 0 radical (unpaired) electrons. The number of benzene rings is 1. The van der Waals surface area contributed by atoms with Crippen molar-refractivity contribution < 1.29 is 14.3 Å². The van der Waals surface area contributed by atoms with Crippen molar-refractivity contribution in [2.45, 2.75) is 34.1 Å². The highest BCUT2D eigenvalue weighted by Crippen LogP contribution is 2.23. The Morgan fingerprint density at radius 2 is 1.88 bits per heavy atom. The van der Waals surface area contributed by atoms with E-state index in [0.29, 0.717) is 18.8 Å². The molecule has 0 aliphatic rings. The second-order valence-corrected chi connectivity index (χ2v) is 4.00. The normalized spacial score (nSPS) is 10.1. The molecule has 0 N–H and O–H groups in total. The summed E-state index contributed by atoms with van der Waals surface area (Å²) in [7, 11) is 0. The number of hydrogen-bond donors (Lipinski definition) is 0. The minimum absolute atomic E-state index is 0.268. The zero-order valence-electron chi connectivity index (χ0n) is 11.0. The van der Waals surface area contributed by atoms with Crippen LogP contribution in [0.5, 0.6) is 5.75 Å². The fourth-order valence-corrected chi connectivity index (χ4v) is 1.59. The van der Waals surface area contributed by atoms with Gasteiger partial charge in [0, 0.05) is 0 Å². The molecule has 0 atom stereocenters. The van der Waals surface area contributed by atoms with E-state index in [4.69, 9.17) is 9.47 Å². The van der Waals surface area contributed by atoms with Gasteiger partial charge in [-0.05, 0) is 50.5 Å². The lowest BCUT2D eigenvalue weighted by atomic mass is 10.0. The van der Waals surface area contributed by atoms with E-state index < -0.39 is 0 Å². The molecule has 0 saturated carbocycles. The molecule has 1 aromatic carbocycles. The van der Waals surface area contributed by atoms with Crippen LogP contribution in [0, 0.1) is 13.8 Å². The third kappa shape index (κ3) is 3.48. The van der Waals surface area contributed by atoms with Gasteiger partial charge in [-0.3, -0.25) is 0 Å². The van der Waals surface area contributed by atoms with E-state index in [2.05, 4.69) is 6.92 Å². The first kappa shape index (κ1) is 13.6. The van der Waals surface area contributed by atoms with Crippen LogP contribution in [0.25, 0.3) is 0 Å². The summed E-state index contributed by atoms with van der Waals surface area (Å²) in [5.74, 6) is 0.576.